The molecule has 1 spiro atoms. The standard InChI is InChI=1S/C16H26N2S/c1-3-13-11-17-15(19-13)12(2)18-14-7-10-16(14)8-5-4-6-9-16/h11-12,14,18H,3-10H2,1-2H3. The number of hydrogen-bond acceptors (Lipinski definition) is 3. The summed E-state index contributed by atoms with van der Waals surface area (Å²) in [6.07, 6.45) is 13.2. The van der Waals surface area contributed by atoms with Crippen molar-refractivity contribution in [2.45, 2.75) is 77.3 Å². The minimum Gasteiger partial charge on any atom is -0.305 e. The molecule has 0 amide bonds. The SMILES string of the molecule is CCc1cnc(C(C)NC2CCC23CCCCC3)s1. The Morgan fingerprint density at radius 1 is 1.37 bits per heavy atom. The summed E-state index contributed by atoms with van der Waals surface area (Å²) in [5, 5.41) is 5.15. The van der Waals surface area contributed by atoms with Crippen molar-refractivity contribution < 1.29 is 0 Å². The van der Waals surface area contributed by atoms with Gasteiger partial charge in [-0.1, -0.05) is 26.2 Å². The molecule has 2 aliphatic rings. The molecular weight excluding hydrogens is 252 g/mol. The van der Waals surface area contributed by atoms with Crippen LogP contribution in [-0.4, -0.2) is 11.0 Å². The first-order chi connectivity index (χ1) is 9.23. The third-order valence-electron chi connectivity index (χ3n) is 5.26. The minimum absolute atomic E-state index is 0.425. The van der Waals surface area contributed by atoms with Crippen molar-refractivity contribution >= 4 is 11.3 Å². The molecule has 2 unspecified atom stereocenters. The Morgan fingerprint density at radius 2 is 2.16 bits per heavy atom. The molecule has 0 aliphatic heterocycles. The maximum Gasteiger partial charge on any atom is 0.109 e. The molecule has 0 bridgehead atoms. The molecule has 19 heavy (non-hydrogen) atoms. The van der Waals surface area contributed by atoms with Crippen LogP contribution in [0.15, 0.2) is 6.20 Å². The van der Waals surface area contributed by atoms with E-state index >= 15 is 0 Å². The summed E-state index contributed by atoms with van der Waals surface area (Å²) in [6.45, 7) is 4.49. The van der Waals surface area contributed by atoms with E-state index in [-0.39, 0.29) is 0 Å². The number of rotatable bonds is 4. The third-order valence-corrected chi connectivity index (χ3v) is 6.59. The number of nitrogens with zero attached hydrogens (tertiary/aromatic N) is 1. The van der Waals surface area contributed by atoms with Crippen LogP contribution in [0, 0.1) is 5.41 Å². The monoisotopic (exact) mass is 278 g/mol. The number of hydrogen-bond donors (Lipinski definition) is 1. The summed E-state index contributed by atoms with van der Waals surface area (Å²) in [6, 6.07) is 1.17. The van der Waals surface area contributed by atoms with Gasteiger partial charge >= 0.3 is 0 Å². The normalized spacial score (nSPS) is 27.2. The fourth-order valence-electron chi connectivity index (χ4n) is 3.87. The van der Waals surface area contributed by atoms with E-state index in [0.29, 0.717) is 11.5 Å². The van der Waals surface area contributed by atoms with Gasteiger partial charge in [-0.2, -0.15) is 0 Å². The Hall–Kier alpha value is -0.410. The summed E-state index contributed by atoms with van der Waals surface area (Å²) in [5.41, 5.74) is 0.650. The van der Waals surface area contributed by atoms with E-state index in [1.165, 1.54) is 54.8 Å². The van der Waals surface area contributed by atoms with Gasteiger partial charge in [-0.3, -0.25) is 0 Å². The van der Waals surface area contributed by atoms with Crippen molar-refractivity contribution in [3.05, 3.63) is 16.1 Å². The highest BCUT2D eigenvalue weighted by atomic mass is 32.1. The van der Waals surface area contributed by atoms with E-state index in [0.717, 1.165) is 12.5 Å². The second kappa shape index (κ2) is 5.53. The van der Waals surface area contributed by atoms with Crippen molar-refractivity contribution in [2.75, 3.05) is 0 Å². The molecule has 2 saturated carbocycles. The molecule has 1 N–H and O–H groups in total. The van der Waals surface area contributed by atoms with Crippen molar-refractivity contribution in [3.63, 3.8) is 0 Å². The second-order valence-electron chi connectivity index (χ2n) is 6.42. The minimum atomic E-state index is 0.425. The van der Waals surface area contributed by atoms with E-state index in [4.69, 9.17) is 0 Å². The summed E-state index contributed by atoms with van der Waals surface area (Å²) >= 11 is 1.88. The van der Waals surface area contributed by atoms with Gasteiger partial charge in [0.15, 0.2) is 0 Å². The highest BCUT2D eigenvalue weighted by Gasteiger charge is 2.47. The fraction of sp³-hybridized carbons (Fsp3) is 0.812. The molecule has 3 heteroatoms. The Bertz CT molecular complexity index is 420. The molecule has 1 aromatic rings. The predicted molar refractivity (Wildman–Crippen MR) is 81.6 cm³/mol. The predicted octanol–water partition coefficient (Wildman–Crippen LogP) is 4.47. The third kappa shape index (κ3) is 2.59. The Balaban J connectivity index is 1.61. The smallest absolute Gasteiger partial charge is 0.109 e. The molecule has 0 radical (unpaired) electrons. The van der Waals surface area contributed by atoms with Crippen molar-refractivity contribution in [2.24, 2.45) is 5.41 Å². The molecule has 2 atom stereocenters. The van der Waals surface area contributed by atoms with Crippen molar-refractivity contribution in [1.82, 2.24) is 10.3 Å². The number of aromatic nitrogens is 1. The van der Waals surface area contributed by atoms with Crippen molar-refractivity contribution in [1.29, 1.82) is 0 Å². The lowest BCUT2D eigenvalue weighted by molar-refractivity contribution is 0.0174. The van der Waals surface area contributed by atoms with Crippen LogP contribution in [0.5, 0.6) is 0 Å². The van der Waals surface area contributed by atoms with Gasteiger partial charge in [0.25, 0.3) is 0 Å². The zero-order chi connectivity index (χ0) is 13.3. The first kappa shape index (κ1) is 13.6. The first-order valence-electron chi connectivity index (χ1n) is 7.94. The van der Waals surface area contributed by atoms with Gasteiger partial charge < -0.3 is 5.32 Å². The average molecular weight is 278 g/mol. The Kier molecular flexibility index (Phi) is 3.95. The average Bonchev–Trinajstić information content (AvgIpc) is 2.93. The Morgan fingerprint density at radius 3 is 2.74 bits per heavy atom. The van der Waals surface area contributed by atoms with Crippen LogP contribution < -0.4 is 5.32 Å². The molecular formula is C16H26N2S. The fourth-order valence-corrected chi connectivity index (χ4v) is 4.74. The number of aryl methyl sites for hydroxylation is 1. The first-order valence-corrected chi connectivity index (χ1v) is 8.76. The lowest BCUT2D eigenvalue weighted by Crippen LogP contribution is -2.54. The van der Waals surface area contributed by atoms with Gasteiger partial charge in [-0.25, -0.2) is 4.98 Å². The van der Waals surface area contributed by atoms with Gasteiger partial charge in [-0.15, -0.1) is 11.3 Å². The lowest BCUT2D eigenvalue weighted by atomic mass is 9.57. The van der Waals surface area contributed by atoms with Gasteiger partial charge in [-0.05, 0) is 44.4 Å². The number of thiazole rings is 1. The zero-order valence-corrected chi connectivity index (χ0v) is 13.1. The summed E-state index contributed by atoms with van der Waals surface area (Å²) < 4.78 is 0. The molecule has 1 aromatic heterocycles. The van der Waals surface area contributed by atoms with Crippen LogP contribution in [0.4, 0.5) is 0 Å². The van der Waals surface area contributed by atoms with Crippen LogP contribution in [0.2, 0.25) is 0 Å². The van der Waals surface area contributed by atoms with E-state index in [1.54, 1.807) is 0 Å². The largest absolute Gasteiger partial charge is 0.305 e. The lowest BCUT2D eigenvalue weighted by Gasteiger charge is -2.53. The molecule has 3 rings (SSSR count). The summed E-state index contributed by atoms with van der Waals surface area (Å²) in [5.74, 6) is 0. The van der Waals surface area contributed by atoms with Gasteiger partial charge in [0.2, 0.25) is 0 Å². The second-order valence-corrected chi connectivity index (χ2v) is 7.57. The maximum absolute atomic E-state index is 4.59. The summed E-state index contributed by atoms with van der Waals surface area (Å²) in [4.78, 5) is 6.00. The molecule has 0 aromatic carbocycles. The van der Waals surface area contributed by atoms with E-state index in [1.807, 2.05) is 11.3 Å². The highest BCUT2D eigenvalue weighted by molar-refractivity contribution is 7.11. The summed E-state index contributed by atoms with van der Waals surface area (Å²) in [7, 11) is 0. The molecule has 2 fully saturated rings. The van der Waals surface area contributed by atoms with Crippen molar-refractivity contribution in [3.8, 4) is 0 Å². The van der Waals surface area contributed by atoms with Gasteiger partial charge in [0, 0.05) is 17.1 Å². The van der Waals surface area contributed by atoms with Crippen LogP contribution in [0.25, 0.3) is 0 Å². The molecule has 2 aliphatic carbocycles. The van der Waals surface area contributed by atoms with Gasteiger partial charge in [0.05, 0.1) is 6.04 Å². The van der Waals surface area contributed by atoms with Gasteiger partial charge in [0.1, 0.15) is 5.01 Å². The quantitative estimate of drug-likeness (QED) is 0.879. The Labute approximate surface area is 121 Å². The highest BCUT2D eigenvalue weighted by Crippen LogP contribution is 2.52. The van der Waals surface area contributed by atoms with E-state index < -0.39 is 0 Å². The number of nitrogens with one attached hydrogen (secondary N) is 1. The van der Waals surface area contributed by atoms with Crippen LogP contribution in [0.3, 0.4) is 0 Å². The molecule has 106 valence electrons. The van der Waals surface area contributed by atoms with E-state index in [2.05, 4.69) is 30.3 Å². The molecule has 2 nitrogen and oxygen atoms in total. The topological polar surface area (TPSA) is 24.9 Å². The van der Waals surface area contributed by atoms with Crippen LogP contribution in [-0.2, 0) is 6.42 Å². The van der Waals surface area contributed by atoms with E-state index in [9.17, 15) is 0 Å². The molecule has 0 saturated heterocycles. The van der Waals surface area contributed by atoms with Crippen LogP contribution >= 0.6 is 11.3 Å². The molecule has 1 heterocycles. The van der Waals surface area contributed by atoms with Crippen LogP contribution in [0.1, 0.15) is 74.7 Å². The zero-order valence-electron chi connectivity index (χ0n) is 12.2. The maximum atomic E-state index is 4.59.